The van der Waals surface area contributed by atoms with Crippen molar-refractivity contribution in [3.05, 3.63) is 101 Å². The molecule has 2 aromatic heterocycles. The number of aromatic nitrogens is 3. The molecule has 0 bridgehead atoms. The molecule has 1 fully saturated rings. The number of nitrogens with zero attached hydrogens (tertiary/aromatic N) is 5. The Balaban J connectivity index is 1.28. The molecule has 4 aromatic rings. The largest absolute Gasteiger partial charge is 0.481 e. The second-order valence-corrected chi connectivity index (χ2v) is 10.2. The van der Waals surface area contributed by atoms with Gasteiger partial charge in [0.25, 0.3) is 0 Å². The van der Waals surface area contributed by atoms with Crippen molar-refractivity contribution >= 4 is 17.9 Å². The number of hydroxylamine groups is 1. The van der Waals surface area contributed by atoms with E-state index in [0.717, 1.165) is 11.1 Å². The third kappa shape index (κ3) is 5.95. The van der Waals surface area contributed by atoms with Crippen LogP contribution < -0.4 is 16.0 Å². The molecule has 2 atom stereocenters. The number of aryl methyl sites for hydroxylation is 1. The van der Waals surface area contributed by atoms with Crippen molar-refractivity contribution in [3.63, 3.8) is 0 Å². The number of benzene rings is 2. The van der Waals surface area contributed by atoms with E-state index in [1.54, 1.807) is 29.2 Å². The van der Waals surface area contributed by atoms with Gasteiger partial charge in [-0.25, -0.2) is 29.6 Å². The second kappa shape index (κ2) is 12.0. The number of nitrogens with one attached hydrogen (secondary N) is 1. The normalized spacial score (nSPS) is 17.7. The van der Waals surface area contributed by atoms with Gasteiger partial charge in [-0.1, -0.05) is 42.5 Å². The van der Waals surface area contributed by atoms with Gasteiger partial charge in [0, 0.05) is 24.6 Å². The van der Waals surface area contributed by atoms with Gasteiger partial charge >= 0.3 is 6.09 Å². The molecule has 2 aliphatic rings. The van der Waals surface area contributed by atoms with Crippen LogP contribution in [-0.2, 0) is 22.5 Å². The molecule has 2 aliphatic heterocycles. The average molecular weight is 584 g/mol. The highest BCUT2D eigenvalue weighted by molar-refractivity contribution is 6.01. The molecule has 0 spiro atoms. The van der Waals surface area contributed by atoms with Crippen molar-refractivity contribution in [3.8, 4) is 17.1 Å². The van der Waals surface area contributed by atoms with E-state index in [0.29, 0.717) is 52.9 Å². The van der Waals surface area contributed by atoms with E-state index in [9.17, 15) is 9.18 Å². The number of nitrogen functional groups attached to an aromatic ring is 1. The van der Waals surface area contributed by atoms with Gasteiger partial charge in [-0.3, -0.25) is 14.7 Å². The molecular weight excluding hydrogens is 553 g/mol. The number of fused-ring (bicyclic) bond motifs is 1. The van der Waals surface area contributed by atoms with Crippen molar-refractivity contribution in [2.24, 2.45) is 4.99 Å². The number of ether oxygens (including phenoxy) is 2. The summed E-state index contributed by atoms with van der Waals surface area (Å²) in [4.78, 5) is 38.3. The number of amides is 1. The topological polar surface area (TPSA) is 137 Å². The van der Waals surface area contributed by atoms with Crippen molar-refractivity contribution in [1.82, 2.24) is 25.3 Å². The molecule has 4 heterocycles. The average Bonchev–Trinajstić information content (AvgIpc) is 3.35. The van der Waals surface area contributed by atoms with Crippen LogP contribution in [0.15, 0.2) is 71.7 Å². The summed E-state index contributed by atoms with van der Waals surface area (Å²) in [6.07, 6.45) is -0.000427. The van der Waals surface area contributed by atoms with Crippen LogP contribution in [0.25, 0.3) is 11.3 Å². The first kappa shape index (κ1) is 28.0. The van der Waals surface area contributed by atoms with Gasteiger partial charge in [0.1, 0.15) is 12.4 Å². The Morgan fingerprint density at radius 1 is 1.09 bits per heavy atom. The smallest absolute Gasteiger partial charge is 0.410 e. The van der Waals surface area contributed by atoms with Crippen LogP contribution in [0.4, 0.5) is 15.1 Å². The van der Waals surface area contributed by atoms with Gasteiger partial charge < -0.3 is 15.2 Å². The summed E-state index contributed by atoms with van der Waals surface area (Å²) in [5, 5.41) is 0. The highest BCUT2D eigenvalue weighted by Crippen LogP contribution is 2.36. The molecule has 11 nitrogen and oxygen atoms in total. The number of aliphatic imine (C=N–C) groups is 1. The zero-order valence-electron chi connectivity index (χ0n) is 23.7. The predicted molar refractivity (Wildman–Crippen MR) is 157 cm³/mol. The van der Waals surface area contributed by atoms with E-state index in [-0.39, 0.29) is 25.2 Å². The first-order chi connectivity index (χ1) is 20.9. The van der Waals surface area contributed by atoms with Gasteiger partial charge in [-0.2, -0.15) is 0 Å². The van der Waals surface area contributed by atoms with Crippen molar-refractivity contribution < 1.29 is 23.5 Å². The first-order valence-corrected chi connectivity index (χ1v) is 13.8. The predicted octanol–water partition coefficient (Wildman–Crippen LogP) is 4.16. The number of rotatable bonds is 8. The fourth-order valence-corrected chi connectivity index (χ4v) is 5.34. The highest BCUT2D eigenvalue weighted by Gasteiger charge is 2.34. The van der Waals surface area contributed by atoms with E-state index < -0.39 is 18.0 Å². The van der Waals surface area contributed by atoms with E-state index in [4.69, 9.17) is 25.0 Å². The van der Waals surface area contributed by atoms with Gasteiger partial charge in [-0.15, -0.1) is 0 Å². The van der Waals surface area contributed by atoms with Gasteiger partial charge in [0.15, 0.2) is 5.84 Å². The molecule has 0 saturated carbocycles. The van der Waals surface area contributed by atoms with E-state index in [2.05, 4.69) is 20.4 Å². The molecule has 0 unspecified atom stereocenters. The summed E-state index contributed by atoms with van der Waals surface area (Å²) in [5.74, 6) is 0.551. The highest BCUT2D eigenvalue weighted by atomic mass is 19.1. The number of carbonyl (C=O) groups excluding carboxylic acids is 1. The number of methoxy groups -OCH3 is 1. The summed E-state index contributed by atoms with van der Waals surface area (Å²) in [6.45, 7) is 2.56. The SMILES string of the molecule is COc1cccc(-c2cc(F)ccc2[C@H]2Cc3nc(N)nc(C)c3C(NOC[C@@H]3COC(=O)N3Cc3ccccc3)=N2)n1. The fraction of sp³-hybridized carbons (Fsp3) is 0.258. The third-order valence-corrected chi connectivity index (χ3v) is 7.39. The summed E-state index contributed by atoms with van der Waals surface area (Å²) in [7, 11) is 1.53. The Bertz CT molecular complexity index is 1680. The zero-order chi connectivity index (χ0) is 29.9. The lowest BCUT2D eigenvalue weighted by Gasteiger charge is -2.27. The Labute approximate surface area is 247 Å². The number of amidine groups is 1. The van der Waals surface area contributed by atoms with Gasteiger partial charge in [0.2, 0.25) is 11.8 Å². The molecule has 1 amide bonds. The van der Waals surface area contributed by atoms with Crippen LogP contribution in [0.2, 0.25) is 0 Å². The van der Waals surface area contributed by atoms with Crippen LogP contribution in [-0.4, -0.2) is 58.1 Å². The Kier molecular flexibility index (Phi) is 7.84. The maximum absolute atomic E-state index is 14.5. The number of halogens is 1. The zero-order valence-corrected chi connectivity index (χ0v) is 23.7. The molecule has 2 aromatic carbocycles. The van der Waals surface area contributed by atoms with Crippen LogP contribution >= 0.6 is 0 Å². The molecule has 0 radical (unpaired) electrons. The van der Waals surface area contributed by atoms with E-state index >= 15 is 0 Å². The lowest BCUT2D eigenvalue weighted by Crippen LogP contribution is -2.40. The van der Waals surface area contributed by atoms with Crippen LogP contribution in [0.5, 0.6) is 5.88 Å². The van der Waals surface area contributed by atoms with E-state index in [1.807, 2.05) is 37.3 Å². The fourth-order valence-electron chi connectivity index (χ4n) is 5.34. The van der Waals surface area contributed by atoms with Crippen LogP contribution in [0.1, 0.15) is 34.1 Å². The number of carbonyl (C=O) groups is 1. The Morgan fingerprint density at radius 3 is 2.74 bits per heavy atom. The van der Waals surface area contributed by atoms with Gasteiger partial charge in [-0.05, 0) is 36.2 Å². The summed E-state index contributed by atoms with van der Waals surface area (Å²) in [6, 6.07) is 18.7. The maximum atomic E-state index is 14.5. The molecule has 220 valence electrons. The number of anilines is 1. The number of nitrogens with two attached hydrogens (primary N) is 1. The molecule has 1 saturated heterocycles. The van der Waals surface area contributed by atoms with Crippen LogP contribution in [0, 0.1) is 12.7 Å². The minimum absolute atomic E-state index is 0.141. The van der Waals surface area contributed by atoms with E-state index in [1.165, 1.54) is 19.2 Å². The Hall–Kier alpha value is -5.10. The lowest BCUT2D eigenvalue weighted by atomic mass is 9.91. The quantitative estimate of drug-likeness (QED) is 0.293. The number of pyridine rings is 1. The molecule has 43 heavy (non-hydrogen) atoms. The van der Waals surface area contributed by atoms with Crippen molar-refractivity contribution in [2.45, 2.75) is 32.0 Å². The first-order valence-electron chi connectivity index (χ1n) is 13.8. The molecule has 0 aliphatic carbocycles. The molecule has 6 rings (SSSR count). The number of hydrogen-bond acceptors (Lipinski definition) is 10. The minimum atomic E-state index is -0.470. The molecule has 12 heteroatoms. The summed E-state index contributed by atoms with van der Waals surface area (Å²) in [5.41, 5.74) is 13.8. The number of cyclic esters (lactones) is 1. The standard InChI is InChI=1S/C31H30FN7O4/c1-18-28-26(37-30(33)34-18)14-25(22-12-11-20(32)13-23(22)24-9-6-10-27(35-24)41-2)36-29(28)38-43-17-21-16-42-31(40)39(21)15-19-7-4-3-5-8-19/h3-13,21,25H,14-17H2,1-2H3,(H,36,38)(H2,33,34,37)/t21-,25+/m0/s1. The summed E-state index contributed by atoms with van der Waals surface area (Å²) >= 11 is 0. The van der Waals surface area contributed by atoms with Gasteiger partial charge in [0.05, 0.1) is 48.4 Å². The Morgan fingerprint density at radius 2 is 1.93 bits per heavy atom. The van der Waals surface area contributed by atoms with Crippen molar-refractivity contribution in [1.29, 1.82) is 0 Å². The summed E-state index contributed by atoms with van der Waals surface area (Å²) < 4.78 is 25.1. The van der Waals surface area contributed by atoms with Crippen molar-refractivity contribution in [2.75, 3.05) is 26.1 Å². The number of hydrogen-bond donors (Lipinski definition) is 2. The minimum Gasteiger partial charge on any atom is -0.481 e. The lowest BCUT2D eigenvalue weighted by molar-refractivity contribution is 0.0459. The molecule has 3 N–H and O–H groups in total. The maximum Gasteiger partial charge on any atom is 0.410 e. The monoisotopic (exact) mass is 583 g/mol. The molecular formula is C31H30FN7O4. The third-order valence-electron chi connectivity index (χ3n) is 7.39. The van der Waals surface area contributed by atoms with Crippen LogP contribution in [0.3, 0.4) is 0 Å². The second-order valence-electron chi connectivity index (χ2n) is 10.2.